The van der Waals surface area contributed by atoms with Crippen LogP contribution in [-0.4, -0.2) is 6.04 Å². The van der Waals surface area contributed by atoms with Crippen LogP contribution in [0.2, 0.25) is 0 Å². The third kappa shape index (κ3) is 1.72. The van der Waals surface area contributed by atoms with E-state index in [1.54, 1.807) is 0 Å². The molecule has 84 valence electrons. The van der Waals surface area contributed by atoms with Crippen molar-refractivity contribution in [2.45, 2.75) is 32.0 Å². The van der Waals surface area contributed by atoms with E-state index in [1.165, 1.54) is 29.4 Å². The molecule has 0 aliphatic heterocycles. The van der Waals surface area contributed by atoms with Gasteiger partial charge in [-0.3, -0.25) is 0 Å². The van der Waals surface area contributed by atoms with E-state index in [9.17, 15) is 0 Å². The van der Waals surface area contributed by atoms with Gasteiger partial charge in [-0.05, 0) is 24.5 Å². The van der Waals surface area contributed by atoms with E-state index in [0.717, 1.165) is 18.2 Å². The third-order valence-corrected chi connectivity index (χ3v) is 3.14. The quantitative estimate of drug-likeness (QED) is 0.823. The van der Waals surface area contributed by atoms with Crippen LogP contribution in [0.3, 0.4) is 0 Å². The third-order valence-electron chi connectivity index (χ3n) is 3.14. The van der Waals surface area contributed by atoms with E-state index >= 15 is 0 Å². The van der Waals surface area contributed by atoms with E-state index in [1.807, 2.05) is 18.4 Å². The van der Waals surface area contributed by atoms with E-state index < -0.39 is 0 Å². The molecule has 0 amide bonds. The Kier molecular flexibility index (Phi) is 2.42. The maximum Gasteiger partial charge on any atom is 0.134 e. The summed E-state index contributed by atoms with van der Waals surface area (Å²) in [4.78, 5) is 0. The number of benzene rings is 1. The lowest BCUT2D eigenvalue weighted by Gasteiger charge is -2.03. The minimum Gasteiger partial charge on any atom is -0.464 e. The predicted molar refractivity (Wildman–Crippen MR) is 64.0 cm³/mol. The van der Waals surface area contributed by atoms with Crippen LogP contribution in [0.5, 0.6) is 0 Å². The first-order chi connectivity index (χ1) is 7.88. The van der Waals surface area contributed by atoms with Gasteiger partial charge in [0.2, 0.25) is 0 Å². The van der Waals surface area contributed by atoms with Crippen molar-refractivity contribution in [2.75, 3.05) is 0 Å². The zero-order chi connectivity index (χ0) is 11.0. The maximum atomic E-state index is 5.75. The molecular weight excluding hydrogens is 200 g/mol. The molecule has 0 spiro atoms. The van der Waals surface area contributed by atoms with E-state index in [0.29, 0.717) is 6.54 Å². The average Bonchev–Trinajstić information content (AvgIpc) is 3.06. The molecule has 2 aromatic rings. The molecule has 16 heavy (non-hydrogen) atoms. The van der Waals surface area contributed by atoms with Gasteiger partial charge in [0.1, 0.15) is 5.58 Å². The summed E-state index contributed by atoms with van der Waals surface area (Å²) < 4.78 is 5.55. The summed E-state index contributed by atoms with van der Waals surface area (Å²) in [5.74, 6) is 0. The molecule has 1 saturated carbocycles. The van der Waals surface area contributed by atoms with Crippen molar-refractivity contribution in [1.82, 2.24) is 5.32 Å². The van der Waals surface area contributed by atoms with Crippen LogP contribution in [0.25, 0.3) is 11.0 Å². The highest BCUT2D eigenvalue weighted by Gasteiger charge is 2.21. The molecular formula is C13H16N2O. The highest BCUT2D eigenvalue weighted by Crippen LogP contribution is 2.26. The van der Waals surface area contributed by atoms with Crippen molar-refractivity contribution in [1.29, 1.82) is 0 Å². The van der Waals surface area contributed by atoms with Gasteiger partial charge in [-0.1, -0.05) is 12.1 Å². The Morgan fingerprint density at radius 2 is 2.19 bits per heavy atom. The standard InChI is InChI=1S/C13H16N2O/c14-6-9-2-1-3-12-13(9)10(8-16-12)7-15-11-4-5-11/h1-3,8,11,15H,4-7,14H2. The summed E-state index contributed by atoms with van der Waals surface area (Å²) in [5.41, 5.74) is 9.08. The summed E-state index contributed by atoms with van der Waals surface area (Å²) in [5, 5.41) is 4.69. The van der Waals surface area contributed by atoms with Crippen LogP contribution in [0.4, 0.5) is 0 Å². The molecule has 1 heterocycles. The lowest BCUT2D eigenvalue weighted by molar-refractivity contribution is 0.601. The van der Waals surface area contributed by atoms with Crippen molar-refractivity contribution in [3.05, 3.63) is 35.6 Å². The molecule has 3 N–H and O–H groups in total. The SMILES string of the molecule is NCc1cccc2occ(CNC3CC3)c12. The molecule has 0 bridgehead atoms. The Hall–Kier alpha value is -1.32. The molecule has 3 rings (SSSR count). The first-order valence-corrected chi connectivity index (χ1v) is 5.80. The summed E-state index contributed by atoms with van der Waals surface area (Å²) >= 11 is 0. The molecule has 1 aromatic carbocycles. The van der Waals surface area contributed by atoms with Gasteiger partial charge in [0, 0.05) is 30.1 Å². The zero-order valence-corrected chi connectivity index (χ0v) is 9.20. The van der Waals surface area contributed by atoms with Gasteiger partial charge in [0.25, 0.3) is 0 Å². The van der Waals surface area contributed by atoms with E-state index in [2.05, 4.69) is 11.4 Å². The Bertz CT molecular complexity index is 500. The summed E-state index contributed by atoms with van der Waals surface area (Å²) in [6.07, 6.45) is 4.46. The maximum absolute atomic E-state index is 5.75. The molecule has 3 nitrogen and oxygen atoms in total. The van der Waals surface area contributed by atoms with Crippen molar-refractivity contribution in [3.8, 4) is 0 Å². The number of nitrogens with one attached hydrogen (secondary N) is 1. The van der Waals surface area contributed by atoms with Crippen molar-refractivity contribution in [3.63, 3.8) is 0 Å². The van der Waals surface area contributed by atoms with Gasteiger partial charge in [-0.2, -0.15) is 0 Å². The normalized spacial score (nSPS) is 15.8. The second-order valence-electron chi connectivity index (χ2n) is 4.41. The van der Waals surface area contributed by atoms with Gasteiger partial charge in [0.05, 0.1) is 6.26 Å². The number of nitrogens with two attached hydrogens (primary N) is 1. The van der Waals surface area contributed by atoms with Gasteiger partial charge in [0.15, 0.2) is 0 Å². The monoisotopic (exact) mass is 216 g/mol. The second-order valence-corrected chi connectivity index (χ2v) is 4.41. The summed E-state index contributed by atoms with van der Waals surface area (Å²) in [6.45, 7) is 1.45. The number of hydrogen-bond donors (Lipinski definition) is 2. The first-order valence-electron chi connectivity index (χ1n) is 5.80. The van der Waals surface area contributed by atoms with Crippen molar-refractivity contribution in [2.24, 2.45) is 5.73 Å². The fourth-order valence-electron chi connectivity index (χ4n) is 2.07. The van der Waals surface area contributed by atoms with Crippen molar-refractivity contribution >= 4 is 11.0 Å². The van der Waals surface area contributed by atoms with Gasteiger partial charge in [-0.15, -0.1) is 0 Å². The zero-order valence-electron chi connectivity index (χ0n) is 9.20. The highest BCUT2D eigenvalue weighted by molar-refractivity contribution is 5.84. The molecule has 1 aliphatic rings. The lowest BCUT2D eigenvalue weighted by Crippen LogP contribution is -2.15. The average molecular weight is 216 g/mol. The highest BCUT2D eigenvalue weighted by atomic mass is 16.3. The summed E-state index contributed by atoms with van der Waals surface area (Å²) in [7, 11) is 0. The smallest absolute Gasteiger partial charge is 0.134 e. The summed E-state index contributed by atoms with van der Waals surface area (Å²) in [6, 6.07) is 6.77. The van der Waals surface area contributed by atoms with E-state index in [4.69, 9.17) is 10.2 Å². The molecule has 1 aromatic heterocycles. The van der Waals surface area contributed by atoms with Crippen LogP contribution in [0.1, 0.15) is 24.0 Å². The lowest BCUT2D eigenvalue weighted by atomic mass is 10.1. The van der Waals surface area contributed by atoms with Crippen LogP contribution in [0.15, 0.2) is 28.9 Å². The molecule has 0 atom stereocenters. The van der Waals surface area contributed by atoms with E-state index in [-0.39, 0.29) is 0 Å². The molecule has 0 radical (unpaired) electrons. The van der Waals surface area contributed by atoms with Gasteiger partial charge < -0.3 is 15.5 Å². The Morgan fingerprint density at radius 3 is 2.94 bits per heavy atom. The fourth-order valence-corrected chi connectivity index (χ4v) is 2.07. The predicted octanol–water partition coefficient (Wildman–Crippen LogP) is 2.14. The minimum absolute atomic E-state index is 0.563. The topological polar surface area (TPSA) is 51.2 Å². The Morgan fingerprint density at radius 1 is 1.31 bits per heavy atom. The number of rotatable bonds is 4. The van der Waals surface area contributed by atoms with Crippen LogP contribution < -0.4 is 11.1 Å². The molecule has 0 unspecified atom stereocenters. The Balaban J connectivity index is 1.95. The van der Waals surface area contributed by atoms with Crippen LogP contribution in [-0.2, 0) is 13.1 Å². The molecule has 0 saturated heterocycles. The van der Waals surface area contributed by atoms with Gasteiger partial charge >= 0.3 is 0 Å². The van der Waals surface area contributed by atoms with Crippen molar-refractivity contribution < 1.29 is 4.42 Å². The molecule has 1 fully saturated rings. The van der Waals surface area contributed by atoms with Crippen LogP contribution in [0, 0.1) is 0 Å². The van der Waals surface area contributed by atoms with Gasteiger partial charge in [-0.25, -0.2) is 0 Å². The fraction of sp³-hybridized carbons (Fsp3) is 0.385. The largest absolute Gasteiger partial charge is 0.464 e. The molecule has 3 heteroatoms. The first kappa shape index (κ1) is 9.87. The molecule has 1 aliphatic carbocycles. The number of furan rings is 1. The number of hydrogen-bond acceptors (Lipinski definition) is 3. The second kappa shape index (κ2) is 3.92. The Labute approximate surface area is 94.6 Å². The minimum atomic E-state index is 0.563. The number of fused-ring (bicyclic) bond motifs is 1. The van der Waals surface area contributed by atoms with Crippen LogP contribution >= 0.6 is 0 Å².